The quantitative estimate of drug-likeness (QED) is 0.661. The Labute approximate surface area is 86.7 Å². The van der Waals surface area contributed by atoms with Crippen LogP contribution in [0, 0.1) is 0 Å². The van der Waals surface area contributed by atoms with Gasteiger partial charge in [0.25, 0.3) is 0 Å². The third-order valence-corrected chi connectivity index (χ3v) is 5.80. The van der Waals surface area contributed by atoms with Crippen molar-refractivity contribution in [2.24, 2.45) is 0 Å². The van der Waals surface area contributed by atoms with Crippen LogP contribution in [0.5, 0.6) is 0 Å². The normalized spacial score (nSPS) is 16.4. The smallest absolute Gasteiger partial charge is 0.218 e. The van der Waals surface area contributed by atoms with Gasteiger partial charge in [0.1, 0.15) is 5.78 Å². The van der Waals surface area contributed by atoms with E-state index < -0.39 is 7.44 Å². The lowest BCUT2D eigenvalue weighted by molar-refractivity contribution is -0.117. The van der Waals surface area contributed by atoms with E-state index in [2.05, 4.69) is 0 Å². The number of hydrogen-bond acceptors (Lipinski definition) is 2. The van der Waals surface area contributed by atoms with Crippen LogP contribution in [0.4, 0.5) is 0 Å². The van der Waals surface area contributed by atoms with Crippen LogP contribution in [0.25, 0.3) is 0 Å². The third kappa shape index (κ3) is 2.91. The first-order chi connectivity index (χ1) is 6.22. The Bertz CT molecular complexity index is 239. The van der Waals surface area contributed by atoms with Crippen LogP contribution in [-0.2, 0) is 9.36 Å². The summed E-state index contributed by atoms with van der Waals surface area (Å²) in [6, 6.07) is 0. The SMILES string of the molecule is CC(=O)CN(C)P(=O)(C(C)C)N(C)C. The van der Waals surface area contributed by atoms with Crippen LogP contribution >= 0.6 is 7.44 Å². The number of carbonyl (C=O) groups is 1. The molecule has 4 nitrogen and oxygen atoms in total. The standard InChI is InChI=1S/C9H21N2O2P/c1-8(2)14(13,10(4)5)11(6)7-9(3)12/h8H,7H2,1-6H3. The molecule has 0 N–H and O–H groups in total. The zero-order valence-electron chi connectivity index (χ0n) is 9.94. The first-order valence-electron chi connectivity index (χ1n) is 4.71. The van der Waals surface area contributed by atoms with Crippen LogP contribution in [0.15, 0.2) is 0 Å². The molecule has 0 heterocycles. The largest absolute Gasteiger partial charge is 0.299 e. The highest BCUT2D eigenvalue weighted by molar-refractivity contribution is 7.59. The van der Waals surface area contributed by atoms with E-state index in [-0.39, 0.29) is 18.0 Å². The van der Waals surface area contributed by atoms with E-state index in [4.69, 9.17) is 0 Å². The van der Waals surface area contributed by atoms with Gasteiger partial charge in [0.15, 0.2) is 0 Å². The van der Waals surface area contributed by atoms with Gasteiger partial charge < -0.3 is 0 Å². The average molecular weight is 220 g/mol. The number of rotatable bonds is 5. The molecular formula is C9H21N2O2P. The Balaban J connectivity index is 4.84. The summed E-state index contributed by atoms with van der Waals surface area (Å²) in [5.74, 6) is 0.0372. The van der Waals surface area contributed by atoms with E-state index in [1.807, 2.05) is 13.8 Å². The third-order valence-electron chi connectivity index (χ3n) is 2.19. The highest BCUT2D eigenvalue weighted by Crippen LogP contribution is 2.54. The molecule has 0 saturated heterocycles. The molecule has 0 aromatic heterocycles. The van der Waals surface area contributed by atoms with Gasteiger partial charge in [-0.3, -0.25) is 9.36 Å². The molecule has 84 valence electrons. The summed E-state index contributed by atoms with van der Waals surface area (Å²) < 4.78 is 15.9. The number of likely N-dealkylation sites (N-methyl/N-ethyl adjacent to an activating group) is 1. The molecule has 0 bridgehead atoms. The highest BCUT2D eigenvalue weighted by Gasteiger charge is 2.34. The van der Waals surface area contributed by atoms with Gasteiger partial charge in [0.05, 0.1) is 6.54 Å². The highest BCUT2D eigenvalue weighted by atomic mass is 31.2. The number of ketones is 1. The summed E-state index contributed by atoms with van der Waals surface area (Å²) in [5, 5.41) is 0. The van der Waals surface area contributed by atoms with Gasteiger partial charge in [-0.15, -0.1) is 0 Å². The van der Waals surface area contributed by atoms with Gasteiger partial charge in [0, 0.05) is 5.66 Å². The van der Waals surface area contributed by atoms with E-state index in [1.54, 1.807) is 30.5 Å². The van der Waals surface area contributed by atoms with Crippen molar-refractivity contribution < 1.29 is 9.36 Å². The van der Waals surface area contributed by atoms with Gasteiger partial charge in [-0.2, -0.15) is 0 Å². The fraction of sp³-hybridized carbons (Fsp3) is 0.889. The van der Waals surface area contributed by atoms with Crippen LogP contribution in [-0.4, -0.2) is 48.5 Å². The molecule has 0 aromatic carbocycles. The molecule has 1 atom stereocenters. The molecule has 0 amide bonds. The molecule has 0 aliphatic carbocycles. The Kier molecular flexibility index (Phi) is 4.99. The van der Waals surface area contributed by atoms with Crippen LogP contribution in [0.3, 0.4) is 0 Å². The fourth-order valence-corrected chi connectivity index (χ4v) is 4.31. The predicted molar refractivity (Wildman–Crippen MR) is 59.7 cm³/mol. The van der Waals surface area contributed by atoms with E-state index in [0.717, 1.165) is 0 Å². The molecule has 0 radical (unpaired) electrons. The molecule has 0 aromatic rings. The van der Waals surface area contributed by atoms with Crippen molar-refractivity contribution in [3.8, 4) is 0 Å². The Morgan fingerprint density at radius 1 is 1.29 bits per heavy atom. The second kappa shape index (κ2) is 5.06. The molecule has 0 saturated carbocycles. The molecule has 1 unspecified atom stereocenters. The maximum Gasteiger partial charge on any atom is 0.218 e. The van der Waals surface area contributed by atoms with Gasteiger partial charge in [-0.05, 0) is 28.1 Å². The maximum atomic E-state index is 12.5. The molecule has 0 aliphatic heterocycles. The molecule has 5 heteroatoms. The minimum atomic E-state index is -2.56. The molecule has 0 rings (SSSR count). The zero-order chi connectivity index (χ0) is 11.5. The van der Waals surface area contributed by atoms with Crippen molar-refractivity contribution in [1.82, 2.24) is 9.34 Å². The lowest BCUT2D eigenvalue weighted by Gasteiger charge is -2.35. The maximum absolute atomic E-state index is 12.5. The van der Waals surface area contributed by atoms with E-state index in [1.165, 1.54) is 6.92 Å². The van der Waals surface area contributed by atoms with Crippen molar-refractivity contribution in [3.63, 3.8) is 0 Å². The van der Waals surface area contributed by atoms with Gasteiger partial charge in [-0.1, -0.05) is 13.8 Å². The zero-order valence-corrected chi connectivity index (χ0v) is 10.8. The van der Waals surface area contributed by atoms with Crippen LogP contribution in [0.2, 0.25) is 0 Å². The fourth-order valence-electron chi connectivity index (χ4n) is 1.59. The van der Waals surface area contributed by atoms with E-state index in [9.17, 15) is 9.36 Å². The van der Waals surface area contributed by atoms with Crippen LogP contribution < -0.4 is 0 Å². The summed E-state index contributed by atoms with van der Waals surface area (Å²) >= 11 is 0. The van der Waals surface area contributed by atoms with E-state index in [0.29, 0.717) is 0 Å². The summed E-state index contributed by atoms with van der Waals surface area (Å²) in [6.07, 6.45) is 0. The van der Waals surface area contributed by atoms with E-state index >= 15 is 0 Å². The second-order valence-corrected chi connectivity index (χ2v) is 7.74. The first kappa shape index (κ1) is 13.8. The minimum absolute atomic E-state index is 0.0295. The van der Waals surface area contributed by atoms with Gasteiger partial charge >= 0.3 is 0 Å². The first-order valence-corrected chi connectivity index (χ1v) is 6.39. The molecular weight excluding hydrogens is 199 g/mol. The lowest BCUT2D eigenvalue weighted by Crippen LogP contribution is -2.32. The Morgan fingerprint density at radius 2 is 1.71 bits per heavy atom. The van der Waals surface area contributed by atoms with Crippen molar-refractivity contribution in [2.45, 2.75) is 26.4 Å². The average Bonchev–Trinajstić information content (AvgIpc) is 2.00. The molecule has 0 aliphatic rings. The molecule has 14 heavy (non-hydrogen) atoms. The topological polar surface area (TPSA) is 40.6 Å². The molecule has 0 spiro atoms. The van der Waals surface area contributed by atoms with Crippen molar-refractivity contribution >= 4 is 13.2 Å². The number of carbonyl (C=O) groups excluding carboxylic acids is 1. The van der Waals surface area contributed by atoms with Crippen LogP contribution in [0.1, 0.15) is 20.8 Å². The summed E-state index contributed by atoms with van der Waals surface area (Å²) in [6.45, 7) is 5.58. The predicted octanol–water partition coefficient (Wildman–Crippen LogP) is 1.67. The summed E-state index contributed by atoms with van der Waals surface area (Å²) in [5.41, 5.74) is 0.0295. The van der Waals surface area contributed by atoms with Crippen molar-refractivity contribution in [3.05, 3.63) is 0 Å². The van der Waals surface area contributed by atoms with Gasteiger partial charge in [-0.25, -0.2) is 9.34 Å². The van der Waals surface area contributed by atoms with Crippen molar-refractivity contribution in [1.29, 1.82) is 0 Å². The Hall–Kier alpha value is -0.180. The summed E-state index contributed by atoms with van der Waals surface area (Å²) in [4.78, 5) is 11.0. The second-order valence-electron chi connectivity index (χ2n) is 4.05. The summed E-state index contributed by atoms with van der Waals surface area (Å²) in [7, 11) is 2.75. The Morgan fingerprint density at radius 3 is 1.93 bits per heavy atom. The molecule has 0 fully saturated rings. The lowest BCUT2D eigenvalue weighted by atomic mass is 10.5. The number of hydrogen-bond donors (Lipinski definition) is 0. The number of Topliss-reactive ketones (excluding diaryl/α,β-unsaturated/α-hetero) is 1. The number of nitrogens with zero attached hydrogens (tertiary/aromatic N) is 2. The van der Waals surface area contributed by atoms with Gasteiger partial charge in [0.2, 0.25) is 7.44 Å². The monoisotopic (exact) mass is 220 g/mol. The van der Waals surface area contributed by atoms with Crippen molar-refractivity contribution in [2.75, 3.05) is 27.7 Å². The minimum Gasteiger partial charge on any atom is -0.299 e.